The summed E-state index contributed by atoms with van der Waals surface area (Å²) in [6.07, 6.45) is 13.4. The monoisotopic (exact) mass is 571 g/mol. The summed E-state index contributed by atoms with van der Waals surface area (Å²) in [5.41, 5.74) is 5.96. The molecule has 0 aromatic carbocycles. The molecule has 5 aliphatic carbocycles. The van der Waals surface area contributed by atoms with Crippen LogP contribution >= 0.6 is 0 Å². The zero-order valence-electron chi connectivity index (χ0n) is 26.9. The lowest BCUT2D eigenvalue weighted by molar-refractivity contribution is -0.248. The molecule has 6 nitrogen and oxygen atoms in total. The number of ether oxygens (including phenoxy) is 1. The van der Waals surface area contributed by atoms with Crippen molar-refractivity contribution in [2.75, 3.05) is 0 Å². The molecule has 0 aromatic rings. The Bertz CT molecular complexity index is 1080. The number of rotatable bonds is 7. The molecular formula is C35H57NO5. The molecule has 0 aromatic heterocycles. The minimum atomic E-state index is -0.880. The van der Waals surface area contributed by atoms with Gasteiger partial charge in [0.1, 0.15) is 6.10 Å². The molecule has 5 rings (SSSR count). The van der Waals surface area contributed by atoms with Crippen LogP contribution in [0.25, 0.3) is 0 Å². The van der Waals surface area contributed by atoms with Gasteiger partial charge >= 0.3 is 11.9 Å². The van der Waals surface area contributed by atoms with Crippen molar-refractivity contribution < 1.29 is 24.2 Å². The van der Waals surface area contributed by atoms with Gasteiger partial charge in [-0.1, -0.05) is 54.9 Å². The highest BCUT2D eigenvalue weighted by atomic mass is 16.5. The number of hydrogen-bond donors (Lipinski definition) is 2. The van der Waals surface area contributed by atoms with Gasteiger partial charge in [0.25, 0.3) is 0 Å². The molecule has 9 atom stereocenters. The number of carboxylic acid groups (broad SMARTS) is 1. The Morgan fingerprint density at radius 2 is 1.51 bits per heavy atom. The van der Waals surface area contributed by atoms with Gasteiger partial charge in [-0.2, -0.15) is 0 Å². The summed E-state index contributed by atoms with van der Waals surface area (Å²) in [6, 6.07) is 0. The Balaban J connectivity index is 1.36. The maximum atomic E-state index is 13.1. The molecule has 6 heteroatoms. The van der Waals surface area contributed by atoms with Crippen molar-refractivity contribution in [3.8, 4) is 0 Å². The van der Waals surface area contributed by atoms with Gasteiger partial charge in [-0.15, -0.1) is 0 Å². The van der Waals surface area contributed by atoms with Gasteiger partial charge < -0.3 is 15.6 Å². The summed E-state index contributed by atoms with van der Waals surface area (Å²) in [4.78, 5) is 36.5. The van der Waals surface area contributed by atoms with Crippen LogP contribution in [0.5, 0.6) is 0 Å². The van der Waals surface area contributed by atoms with E-state index in [1.54, 1.807) is 0 Å². The maximum Gasteiger partial charge on any atom is 0.306 e. The average molecular weight is 572 g/mol. The molecule has 1 amide bonds. The summed E-state index contributed by atoms with van der Waals surface area (Å²) in [7, 11) is 0. The number of fused-ring (bicyclic) bond motifs is 7. The van der Waals surface area contributed by atoms with Crippen molar-refractivity contribution in [1.29, 1.82) is 0 Å². The van der Waals surface area contributed by atoms with Crippen molar-refractivity contribution in [3.05, 3.63) is 0 Å². The Kier molecular flexibility index (Phi) is 7.51. The topological polar surface area (TPSA) is 107 Å². The third kappa shape index (κ3) is 4.76. The van der Waals surface area contributed by atoms with Crippen LogP contribution in [-0.2, 0) is 19.1 Å². The lowest BCUT2D eigenvalue weighted by Crippen LogP contribution is -2.66. The van der Waals surface area contributed by atoms with E-state index < -0.39 is 11.4 Å². The van der Waals surface area contributed by atoms with Crippen LogP contribution in [0.1, 0.15) is 138 Å². The van der Waals surface area contributed by atoms with Crippen LogP contribution in [-0.4, -0.2) is 29.1 Å². The zero-order chi connectivity index (χ0) is 30.2. The normalized spacial score (nSPS) is 45.0. The molecule has 0 saturated heterocycles. The van der Waals surface area contributed by atoms with Gasteiger partial charge in [0.05, 0.1) is 12.8 Å². The van der Waals surface area contributed by atoms with Crippen LogP contribution in [0, 0.1) is 56.2 Å². The second-order valence-corrected chi connectivity index (χ2v) is 17.4. The fourth-order valence-corrected chi connectivity index (χ4v) is 12.6. The lowest BCUT2D eigenvalue weighted by Gasteiger charge is -2.72. The van der Waals surface area contributed by atoms with Gasteiger partial charge in [-0.05, 0) is 115 Å². The largest absolute Gasteiger partial charge is 0.481 e. The van der Waals surface area contributed by atoms with Crippen LogP contribution in [0.2, 0.25) is 0 Å². The highest BCUT2D eigenvalue weighted by molar-refractivity contribution is 5.75. The molecule has 0 heterocycles. The highest BCUT2D eigenvalue weighted by Crippen LogP contribution is 2.77. The van der Waals surface area contributed by atoms with E-state index in [4.69, 9.17) is 10.5 Å². The van der Waals surface area contributed by atoms with E-state index in [0.717, 1.165) is 25.7 Å². The van der Waals surface area contributed by atoms with Gasteiger partial charge in [0.15, 0.2) is 0 Å². The predicted octanol–water partition coefficient (Wildman–Crippen LogP) is 7.52. The quantitative estimate of drug-likeness (QED) is 0.307. The number of nitrogens with two attached hydrogens (primary N) is 1. The molecule has 0 radical (unpaired) electrons. The molecular weight excluding hydrogens is 514 g/mol. The SMILES string of the molecule is CC(C)(CC(=O)O)CC(=O)O[C@H]1CC[C@@]2(C)C(CC[C@]3(C)C2CC[C@@H]2[C@H]4CCC[C@]4(CC(N)=O)CC[C@]23C)C1(C)C. The second kappa shape index (κ2) is 9.97. The van der Waals surface area contributed by atoms with Crippen molar-refractivity contribution >= 4 is 17.8 Å². The van der Waals surface area contributed by atoms with E-state index in [1.165, 1.54) is 44.9 Å². The summed E-state index contributed by atoms with van der Waals surface area (Å²) in [6.45, 7) is 16.1. The van der Waals surface area contributed by atoms with Gasteiger partial charge in [0, 0.05) is 11.8 Å². The number of carbonyl (C=O) groups is 3. The number of carboxylic acids is 1. The second-order valence-electron chi connectivity index (χ2n) is 17.4. The van der Waals surface area contributed by atoms with E-state index in [2.05, 4.69) is 34.6 Å². The molecule has 5 fully saturated rings. The van der Waals surface area contributed by atoms with Crippen molar-refractivity contribution in [1.82, 2.24) is 0 Å². The van der Waals surface area contributed by atoms with E-state index in [9.17, 15) is 19.5 Å². The Morgan fingerprint density at radius 3 is 2.17 bits per heavy atom. The van der Waals surface area contributed by atoms with Crippen molar-refractivity contribution in [3.63, 3.8) is 0 Å². The minimum absolute atomic E-state index is 0.0403. The Morgan fingerprint density at radius 1 is 0.805 bits per heavy atom. The number of amides is 1. The molecule has 0 spiro atoms. The first-order chi connectivity index (χ1) is 18.9. The molecule has 3 N–H and O–H groups in total. The fraction of sp³-hybridized carbons (Fsp3) is 0.914. The van der Waals surface area contributed by atoms with E-state index in [1.807, 2.05) is 13.8 Å². The van der Waals surface area contributed by atoms with Crippen LogP contribution in [0.3, 0.4) is 0 Å². The minimum Gasteiger partial charge on any atom is -0.481 e. The molecule has 5 saturated carbocycles. The number of primary amides is 1. The van der Waals surface area contributed by atoms with Crippen LogP contribution < -0.4 is 5.73 Å². The predicted molar refractivity (Wildman–Crippen MR) is 160 cm³/mol. The van der Waals surface area contributed by atoms with E-state index in [-0.39, 0.29) is 57.9 Å². The first-order valence-electron chi connectivity index (χ1n) is 16.6. The Labute approximate surface area is 248 Å². The summed E-state index contributed by atoms with van der Waals surface area (Å²) < 4.78 is 6.21. The van der Waals surface area contributed by atoms with E-state index >= 15 is 0 Å². The summed E-state index contributed by atoms with van der Waals surface area (Å²) >= 11 is 0. The first kappa shape index (κ1) is 30.9. The number of hydrogen-bond acceptors (Lipinski definition) is 4. The smallest absolute Gasteiger partial charge is 0.306 e. The molecule has 232 valence electrons. The standard InChI is InChI=1S/C35H57NO5/c1-30(2,20-28(38)39)21-29(40)41-26-13-15-32(5)24(31(26,3)4)12-16-34(7)25(32)11-10-22-23-9-8-14-35(23,19-27(36)37)18-17-33(22,34)6/h22-26H,8-21H2,1-7H3,(H2,36,37)(H,38,39)/t22-,23-,24?,25?,26+,32+,33-,34-,35-/m1/s1. The Hall–Kier alpha value is -1.59. The first-order valence-corrected chi connectivity index (χ1v) is 16.6. The third-order valence-electron chi connectivity index (χ3n) is 14.5. The van der Waals surface area contributed by atoms with Crippen molar-refractivity contribution in [2.24, 2.45) is 61.9 Å². The average Bonchev–Trinajstić information content (AvgIpc) is 3.23. The molecule has 0 aliphatic heterocycles. The number of esters is 1. The molecule has 2 unspecified atom stereocenters. The third-order valence-corrected chi connectivity index (χ3v) is 14.5. The highest BCUT2D eigenvalue weighted by Gasteiger charge is 2.70. The van der Waals surface area contributed by atoms with Gasteiger partial charge in [0.2, 0.25) is 5.91 Å². The zero-order valence-corrected chi connectivity index (χ0v) is 26.9. The van der Waals surface area contributed by atoms with Crippen LogP contribution in [0.15, 0.2) is 0 Å². The molecule has 41 heavy (non-hydrogen) atoms. The maximum absolute atomic E-state index is 13.1. The van der Waals surface area contributed by atoms with Gasteiger partial charge in [-0.25, -0.2) is 0 Å². The number of aliphatic carboxylic acids is 1. The summed E-state index contributed by atoms with van der Waals surface area (Å²) in [5.74, 6) is 1.19. The fourth-order valence-electron chi connectivity index (χ4n) is 12.6. The van der Waals surface area contributed by atoms with Crippen LogP contribution in [0.4, 0.5) is 0 Å². The van der Waals surface area contributed by atoms with E-state index in [0.29, 0.717) is 30.1 Å². The lowest BCUT2D eigenvalue weighted by atomic mass is 9.32. The summed E-state index contributed by atoms with van der Waals surface area (Å²) in [5, 5.41) is 9.25. The molecule has 5 aliphatic rings. The number of carbonyl (C=O) groups excluding carboxylic acids is 2. The van der Waals surface area contributed by atoms with Crippen molar-refractivity contribution in [2.45, 2.75) is 144 Å². The van der Waals surface area contributed by atoms with Gasteiger partial charge in [-0.3, -0.25) is 14.4 Å². The molecule has 0 bridgehead atoms.